The van der Waals surface area contributed by atoms with E-state index in [1.165, 1.54) is 12.1 Å². The Morgan fingerprint density at radius 3 is 2.76 bits per heavy atom. The Morgan fingerprint density at radius 2 is 2.24 bits per heavy atom. The molecule has 1 aromatic carbocycles. The van der Waals surface area contributed by atoms with Crippen molar-refractivity contribution in [3.8, 4) is 0 Å². The van der Waals surface area contributed by atoms with Crippen LogP contribution in [0.2, 0.25) is 0 Å². The van der Waals surface area contributed by atoms with Crippen LogP contribution in [0.15, 0.2) is 24.3 Å². The van der Waals surface area contributed by atoms with Gasteiger partial charge in [-0.05, 0) is 36.0 Å². The Kier molecular flexibility index (Phi) is 1.94. The van der Waals surface area contributed by atoms with Crippen LogP contribution >= 0.6 is 0 Å². The molecular weight excluding hydrogens is 223 g/mol. The van der Waals surface area contributed by atoms with Gasteiger partial charge in [-0.2, -0.15) is 0 Å². The van der Waals surface area contributed by atoms with E-state index in [4.69, 9.17) is 5.11 Å². The number of aliphatic carboxylic acids is 1. The van der Waals surface area contributed by atoms with Crippen LogP contribution in [0.1, 0.15) is 24.3 Å². The van der Waals surface area contributed by atoms with Crippen LogP contribution in [0, 0.1) is 17.2 Å². The van der Waals surface area contributed by atoms with E-state index in [1.54, 1.807) is 12.1 Å². The molecule has 2 saturated carbocycles. The predicted octanol–water partition coefficient (Wildman–Crippen LogP) is 1.97. The van der Waals surface area contributed by atoms with Gasteiger partial charge in [0.15, 0.2) is 5.78 Å². The van der Waals surface area contributed by atoms with Crippen molar-refractivity contribution in [3.05, 3.63) is 35.6 Å². The second-order valence-corrected chi connectivity index (χ2v) is 4.88. The highest BCUT2D eigenvalue weighted by molar-refractivity contribution is 6.09. The van der Waals surface area contributed by atoms with Crippen LogP contribution in [-0.2, 0) is 9.59 Å². The molecule has 2 aliphatic carbocycles. The normalized spacial score (nSPS) is 34.5. The van der Waals surface area contributed by atoms with Crippen molar-refractivity contribution in [1.82, 2.24) is 0 Å². The van der Waals surface area contributed by atoms with Gasteiger partial charge in [0.05, 0.1) is 0 Å². The van der Waals surface area contributed by atoms with Gasteiger partial charge in [-0.15, -0.1) is 0 Å². The van der Waals surface area contributed by atoms with Crippen molar-refractivity contribution in [2.24, 2.45) is 11.3 Å². The molecule has 1 N–H and O–H groups in total. The Bertz CT molecular complexity index is 525. The van der Waals surface area contributed by atoms with E-state index in [0.29, 0.717) is 6.42 Å². The number of ketones is 1. The van der Waals surface area contributed by atoms with Crippen LogP contribution in [0.3, 0.4) is 0 Å². The Hall–Kier alpha value is -1.71. The zero-order chi connectivity index (χ0) is 12.2. The molecule has 17 heavy (non-hydrogen) atoms. The molecule has 0 saturated heterocycles. The number of carbonyl (C=O) groups excluding carboxylic acids is 1. The van der Waals surface area contributed by atoms with Crippen molar-refractivity contribution >= 4 is 11.8 Å². The standard InChI is InChI=1S/C13H11FO3/c14-8-3-1-2-7(4-8)9-5-11(15)13(12(16)17)6-10(9)13/h1-4,9-10H,5-6H2,(H,16,17)/t9-,10+,13-/m1/s1. The predicted molar refractivity (Wildman–Crippen MR) is 56.9 cm³/mol. The van der Waals surface area contributed by atoms with Crippen molar-refractivity contribution in [2.45, 2.75) is 18.8 Å². The highest BCUT2D eigenvalue weighted by atomic mass is 19.1. The number of rotatable bonds is 2. The molecular formula is C13H11FO3. The average Bonchev–Trinajstić information content (AvgIpc) is 2.96. The summed E-state index contributed by atoms with van der Waals surface area (Å²) in [5.41, 5.74) is -0.416. The lowest BCUT2D eigenvalue weighted by Gasteiger charge is -2.10. The Morgan fingerprint density at radius 1 is 1.47 bits per heavy atom. The van der Waals surface area contributed by atoms with E-state index in [9.17, 15) is 14.0 Å². The van der Waals surface area contributed by atoms with Gasteiger partial charge in [-0.1, -0.05) is 12.1 Å². The summed E-state index contributed by atoms with van der Waals surface area (Å²) in [6, 6.07) is 6.10. The van der Waals surface area contributed by atoms with Gasteiger partial charge in [-0.25, -0.2) is 4.39 Å². The van der Waals surface area contributed by atoms with Crippen molar-refractivity contribution in [2.75, 3.05) is 0 Å². The number of Topliss-reactive ketones (excluding diaryl/α,β-unsaturated/α-hetero) is 1. The monoisotopic (exact) mass is 234 g/mol. The van der Waals surface area contributed by atoms with Gasteiger partial charge >= 0.3 is 5.97 Å². The minimum absolute atomic E-state index is 0.130. The SMILES string of the molecule is O=C(O)[C@]12C[C@H]1[C@@H](c1cccc(F)c1)CC2=O. The summed E-state index contributed by atoms with van der Waals surface area (Å²) in [5, 5.41) is 9.11. The molecule has 4 heteroatoms. The third-order valence-electron chi connectivity index (χ3n) is 4.06. The molecule has 0 spiro atoms. The number of fused-ring (bicyclic) bond motifs is 1. The Balaban J connectivity index is 1.95. The topological polar surface area (TPSA) is 54.4 Å². The molecule has 0 heterocycles. The molecule has 0 aliphatic heterocycles. The van der Waals surface area contributed by atoms with E-state index in [2.05, 4.69) is 0 Å². The van der Waals surface area contributed by atoms with Crippen molar-refractivity contribution in [1.29, 1.82) is 0 Å². The zero-order valence-corrected chi connectivity index (χ0v) is 9.02. The average molecular weight is 234 g/mol. The molecule has 2 fully saturated rings. The molecule has 0 unspecified atom stereocenters. The van der Waals surface area contributed by atoms with Crippen molar-refractivity contribution in [3.63, 3.8) is 0 Å². The number of carboxylic acids is 1. The van der Waals surface area contributed by atoms with Gasteiger partial charge in [0, 0.05) is 6.42 Å². The number of benzene rings is 1. The third kappa shape index (κ3) is 1.27. The van der Waals surface area contributed by atoms with E-state index in [-0.39, 0.29) is 29.9 Å². The highest BCUT2D eigenvalue weighted by Gasteiger charge is 2.72. The first-order valence-electron chi connectivity index (χ1n) is 5.58. The van der Waals surface area contributed by atoms with E-state index >= 15 is 0 Å². The quantitative estimate of drug-likeness (QED) is 0.796. The molecule has 0 radical (unpaired) electrons. The van der Waals surface area contributed by atoms with Crippen LogP contribution in [0.25, 0.3) is 0 Å². The number of hydrogen-bond acceptors (Lipinski definition) is 2. The maximum Gasteiger partial charge on any atom is 0.317 e. The second-order valence-electron chi connectivity index (χ2n) is 4.88. The summed E-state index contributed by atoms with van der Waals surface area (Å²) in [4.78, 5) is 22.9. The summed E-state index contributed by atoms with van der Waals surface area (Å²) in [6.07, 6.45) is 0.628. The summed E-state index contributed by atoms with van der Waals surface area (Å²) >= 11 is 0. The number of hydrogen-bond donors (Lipinski definition) is 1. The van der Waals surface area contributed by atoms with Crippen LogP contribution in [-0.4, -0.2) is 16.9 Å². The van der Waals surface area contributed by atoms with E-state index in [1.807, 2.05) is 0 Å². The first kappa shape index (κ1) is 10.4. The summed E-state index contributed by atoms with van der Waals surface area (Å²) in [7, 11) is 0. The summed E-state index contributed by atoms with van der Waals surface area (Å²) in [5.74, 6) is -1.84. The lowest BCUT2D eigenvalue weighted by molar-refractivity contribution is -0.147. The molecule has 88 valence electrons. The van der Waals surface area contributed by atoms with Gasteiger partial charge in [0.25, 0.3) is 0 Å². The smallest absolute Gasteiger partial charge is 0.317 e. The fraction of sp³-hybridized carbons (Fsp3) is 0.385. The summed E-state index contributed by atoms with van der Waals surface area (Å²) in [6.45, 7) is 0. The number of carbonyl (C=O) groups is 2. The first-order chi connectivity index (χ1) is 8.05. The third-order valence-corrected chi connectivity index (χ3v) is 4.06. The largest absolute Gasteiger partial charge is 0.480 e. The second kappa shape index (κ2) is 3.15. The highest BCUT2D eigenvalue weighted by Crippen LogP contribution is 2.66. The molecule has 3 rings (SSSR count). The minimum Gasteiger partial charge on any atom is -0.480 e. The van der Waals surface area contributed by atoms with Gasteiger partial charge in [-0.3, -0.25) is 9.59 Å². The van der Waals surface area contributed by atoms with E-state index < -0.39 is 11.4 Å². The summed E-state index contributed by atoms with van der Waals surface area (Å²) < 4.78 is 13.1. The fourth-order valence-electron chi connectivity index (χ4n) is 3.07. The van der Waals surface area contributed by atoms with Crippen LogP contribution in [0.5, 0.6) is 0 Å². The molecule has 0 bridgehead atoms. The van der Waals surface area contributed by atoms with Gasteiger partial charge in [0.1, 0.15) is 11.2 Å². The first-order valence-corrected chi connectivity index (χ1v) is 5.58. The van der Waals surface area contributed by atoms with Crippen LogP contribution in [0.4, 0.5) is 4.39 Å². The molecule has 3 atom stereocenters. The number of halogens is 1. The van der Waals surface area contributed by atoms with E-state index in [0.717, 1.165) is 5.56 Å². The lowest BCUT2D eigenvalue weighted by Crippen LogP contribution is -2.22. The lowest BCUT2D eigenvalue weighted by atomic mass is 9.94. The van der Waals surface area contributed by atoms with Crippen molar-refractivity contribution < 1.29 is 19.1 Å². The van der Waals surface area contributed by atoms with Gasteiger partial charge in [0.2, 0.25) is 0 Å². The molecule has 3 nitrogen and oxygen atoms in total. The zero-order valence-electron chi connectivity index (χ0n) is 9.02. The maximum atomic E-state index is 13.1. The van der Waals surface area contributed by atoms with Gasteiger partial charge < -0.3 is 5.11 Å². The van der Waals surface area contributed by atoms with Crippen LogP contribution < -0.4 is 0 Å². The Labute approximate surface area is 97.3 Å². The molecule has 2 aliphatic rings. The molecule has 1 aromatic rings. The maximum absolute atomic E-state index is 13.1. The fourth-order valence-corrected chi connectivity index (χ4v) is 3.07. The molecule has 0 amide bonds. The number of carboxylic acid groups (broad SMARTS) is 1. The minimum atomic E-state index is -1.16. The molecule has 0 aromatic heterocycles.